The average molecular weight is 623 g/mol. The van der Waals surface area contributed by atoms with Gasteiger partial charge in [-0.2, -0.15) is 0 Å². The Morgan fingerprint density at radius 1 is 1.09 bits per heavy atom. The second kappa shape index (κ2) is 14.7. The first-order valence-electron chi connectivity index (χ1n) is 15.2. The van der Waals surface area contributed by atoms with Gasteiger partial charge in [0.2, 0.25) is 11.8 Å². The van der Waals surface area contributed by atoms with E-state index in [1.807, 2.05) is 30.3 Å². The summed E-state index contributed by atoms with van der Waals surface area (Å²) in [6.45, 7) is 7.50. The summed E-state index contributed by atoms with van der Waals surface area (Å²) in [5.74, 6) is -2.56. The summed E-state index contributed by atoms with van der Waals surface area (Å²) in [6.07, 6.45) is -0.390. The molecule has 242 valence electrons. The third-order valence-corrected chi connectivity index (χ3v) is 8.10. The zero-order valence-electron chi connectivity index (χ0n) is 26.3. The smallest absolute Gasteiger partial charge is 0.337 e. The fourth-order valence-electron chi connectivity index (χ4n) is 5.51. The number of hydrogen-bond acceptors (Lipinski definition) is 10. The molecule has 0 bridgehead atoms. The highest BCUT2D eigenvalue weighted by atomic mass is 16.5. The molecule has 0 saturated carbocycles. The van der Waals surface area contributed by atoms with Gasteiger partial charge in [0, 0.05) is 12.6 Å². The normalized spacial score (nSPS) is 16.9. The zero-order chi connectivity index (χ0) is 32.8. The monoisotopic (exact) mass is 622 g/mol. The first-order valence-corrected chi connectivity index (χ1v) is 15.2. The van der Waals surface area contributed by atoms with Crippen LogP contribution in [0.15, 0.2) is 52.9 Å². The van der Waals surface area contributed by atoms with Gasteiger partial charge >= 0.3 is 18.0 Å². The first-order chi connectivity index (χ1) is 21.4. The number of amides is 3. The Bertz CT molecular complexity index is 1500. The number of likely N-dealkylation sites (tertiary alicyclic amines) is 1. The number of aromatic nitrogens is 1. The van der Waals surface area contributed by atoms with Crippen molar-refractivity contribution in [2.24, 2.45) is 17.6 Å². The van der Waals surface area contributed by atoms with Gasteiger partial charge in [-0.1, -0.05) is 58.0 Å². The van der Waals surface area contributed by atoms with E-state index in [2.05, 4.69) is 4.98 Å². The Balaban J connectivity index is 1.62. The van der Waals surface area contributed by atoms with Crippen molar-refractivity contribution in [1.29, 1.82) is 0 Å². The van der Waals surface area contributed by atoms with Crippen molar-refractivity contribution in [3.63, 3.8) is 0 Å². The van der Waals surface area contributed by atoms with Crippen molar-refractivity contribution in [3.8, 4) is 0 Å². The molecule has 12 nitrogen and oxygen atoms in total. The van der Waals surface area contributed by atoms with Gasteiger partial charge in [0.1, 0.15) is 12.1 Å². The summed E-state index contributed by atoms with van der Waals surface area (Å²) >= 11 is 0. The van der Waals surface area contributed by atoms with Crippen LogP contribution in [0.5, 0.6) is 0 Å². The number of fused-ring (bicyclic) bond motifs is 1. The number of nitrogens with two attached hydrogens (primary N) is 1. The number of imide groups is 1. The van der Waals surface area contributed by atoms with Gasteiger partial charge in [-0.3, -0.25) is 14.5 Å². The van der Waals surface area contributed by atoms with Crippen molar-refractivity contribution in [1.82, 2.24) is 14.8 Å². The number of hydrogen-bond donors (Lipinski definition) is 2. The number of rotatable bonds is 11. The molecule has 1 aromatic heterocycles. The van der Waals surface area contributed by atoms with Crippen LogP contribution in [0, 0.1) is 11.8 Å². The number of carbonyl (C=O) groups is 4. The molecule has 0 radical (unpaired) electrons. The predicted octanol–water partition coefficient (Wildman–Crippen LogP) is 4.20. The number of esters is 2. The molecule has 1 saturated heterocycles. The van der Waals surface area contributed by atoms with Crippen molar-refractivity contribution in [2.45, 2.75) is 77.8 Å². The molecule has 2 aromatic carbocycles. The van der Waals surface area contributed by atoms with E-state index in [1.54, 1.807) is 27.7 Å². The third-order valence-electron chi connectivity index (χ3n) is 8.10. The third kappa shape index (κ3) is 7.69. The molecule has 1 fully saturated rings. The molecule has 1 aliphatic rings. The Kier molecular flexibility index (Phi) is 10.9. The van der Waals surface area contributed by atoms with Gasteiger partial charge in [0.15, 0.2) is 11.7 Å². The molecule has 3 amide bonds. The molecular weight excluding hydrogens is 580 g/mol. The van der Waals surface area contributed by atoms with E-state index in [4.69, 9.17) is 19.6 Å². The van der Waals surface area contributed by atoms with E-state index < -0.39 is 54.0 Å². The van der Waals surface area contributed by atoms with Gasteiger partial charge in [-0.05, 0) is 48.4 Å². The molecule has 2 heterocycles. The highest BCUT2D eigenvalue weighted by Crippen LogP contribution is 2.32. The lowest BCUT2D eigenvalue weighted by Crippen LogP contribution is -2.60. The van der Waals surface area contributed by atoms with E-state index in [0.717, 1.165) is 10.5 Å². The lowest BCUT2D eigenvalue weighted by molar-refractivity contribution is -0.146. The van der Waals surface area contributed by atoms with Crippen LogP contribution in [0.1, 0.15) is 74.9 Å². The molecule has 45 heavy (non-hydrogen) atoms. The summed E-state index contributed by atoms with van der Waals surface area (Å²) in [4.78, 5) is 59.9. The Labute approximate surface area is 262 Å². The van der Waals surface area contributed by atoms with Crippen LogP contribution in [0.4, 0.5) is 4.79 Å². The molecule has 12 heteroatoms. The molecule has 3 aromatic rings. The molecule has 4 rings (SSSR count). The molecule has 4 atom stereocenters. The molecule has 0 spiro atoms. The number of benzene rings is 2. The van der Waals surface area contributed by atoms with Crippen LogP contribution in [-0.4, -0.2) is 75.5 Å². The van der Waals surface area contributed by atoms with Crippen LogP contribution >= 0.6 is 0 Å². The lowest BCUT2D eigenvalue weighted by Gasteiger charge is -2.40. The Hall–Kier alpha value is -4.29. The standard InChI is InChI=1S/C33H42N4O8/c1-19(2)27(34)31(40)37(33(42)36-15-9-12-23(36)17-26(38)44-18-21-10-7-6-8-11-21)28(20(3)4)29(39)30-35-24-16-22(32(41)43-5)13-14-25(24)45-30/h6-8,10-11,13-14,16,19-20,23,27-29,39H,9,12,15,17-18,34H2,1-5H3/t23?,27-,28-,29?/m0/s1. The van der Waals surface area contributed by atoms with Gasteiger partial charge in [0.25, 0.3) is 0 Å². The largest absolute Gasteiger partial charge is 0.465 e. The molecule has 0 aliphatic carbocycles. The maximum Gasteiger partial charge on any atom is 0.337 e. The summed E-state index contributed by atoms with van der Waals surface area (Å²) < 4.78 is 16.1. The number of ether oxygens (including phenoxy) is 2. The summed E-state index contributed by atoms with van der Waals surface area (Å²) in [5, 5.41) is 11.7. The fourth-order valence-corrected chi connectivity index (χ4v) is 5.51. The van der Waals surface area contributed by atoms with Crippen molar-refractivity contribution in [2.75, 3.05) is 13.7 Å². The number of aliphatic hydroxyl groups excluding tert-OH is 1. The number of urea groups is 1. The van der Waals surface area contributed by atoms with Crippen LogP contribution in [0.3, 0.4) is 0 Å². The maximum atomic E-state index is 14.3. The minimum absolute atomic E-state index is 0.0423. The Morgan fingerprint density at radius 2 is 1.80 bits per heavy atom. The number of carbonyl (C=O) groups excluding carboxylic acids is 4. The number of methoxy groups -OCH3 is 1. The second-order valence-corrected chi connectivity index (χ2v) is 12.0. The SMILES string of the molecule is COC(=O)c1ccc2oc(C(O)[C@H](C(C)C)N(C(=O)[C@@H](N)C(C)C)C(=O)N3CCCC3CC(=O)OCc3ccccc3)nc2c1. The molecule has 1 aliphatic heterocycles. The Morgan fingerprint density at radius 3 is 2.44 bits per heavy atom. The van der Waals surface area contributed by atoms with E-state index in [0.29, 0.717) is 30.5 Å². The summed E-state index contributed by atoms with van der Waals surface area (Å²) in [6, 6.07) is 10.5. The molecule has 3 N–H and O–H groups in total. The highest BCUT2D eigenvalue weighted by Gasteiger charge is 2.45. The summed E-state index contributed by atoms with van der Waals surface area (Å²) in [7, 11) is 1.26. The van der Waals surface area contributed by atoms with Crippen LogP contribution in [-0.2, 0) is 25.7 Å². The van der Waals surface area contributed by atoms with Gasteiger partial charge in [-0.15, -0.1) is 0 Å². The quantitative estimate of drug-likeness (QED) is 0.296. The maximum absolute atomic E-state index is 14.3. The first kappa shape index (κ1) is 33.6. The van der Waals surface area contributed by atoms with Gasteiger partial charge in [-0.25, -0.2) is 14.6 Å². The van der Waals surface area contributed by atoms with E-state index in [1.165, 1.54) is 30.2 Å². The predicted molar refractivity (Wildman–Crippen MR) is 165 cm³/mol. The van der Waals surface area contributed by atoms with Crippen LogP contribution in [0.25, 0.3) is 11.1 Å². The fraction of sp³-hybridized carbons (Fsp3) is 0.485. The second-order valence-electron chi connectivity index (χ2n) is 12.0. The minimum atomic E-state index is -1.52. The van der Waals surface area contributed by atoms with E-state index >= 15 is 0 Å². The van der Waals surface area contributed by atoms with Crippen LogP contribution in [0.2, 0.25) is 0 Å². The van der Waals surface area contributed by atoms with Crippen molar-refractivity contribution >= 4 is 35.0 Å². The number of oxazole rings is 1. The van der Waals surface area contributed by atoms with Crippen molar-refractivity contribution < 1.29 is 38.2 Å². The van der Waals surface area contributed by atoms with E-state index in [9.17, 15) is 24.3 Å². The number of nitrogens with zero attached hydrogens (tertiary/aromatic N) is 3. The molecule has 2 unspecified atom stereocenters. The minimum Gasteiger partial charge on any atom is -0.465 e. The van der Waals surface area contributed by atoms with Gasteiger partial charge < -0.3 is 29.6 Å². The lowest BCUT2D eigenvalue weighted by atomic mass is 9.94. The van der Waals surface area contributed by atoms with Gasteiger partial charge in [0.05, 0.1) is 31.2 Å². The zero-order valence-corrected chi connectivity index (χ0v) is 26.3. The average Bonchev–Trinajstić information content (AvgIpc) is 3.68. The number of aliphatic hydroxyl groups is 1. The van der Waals surface area contributed by atoms with Crippen molar-refractivity contribution in [3.05, 3.63) is 65.5 Å². The molecular formula is C33H42N4O8. The van der Waals surface area contributed by atoms with E-state index in [-0.39, 0.29) is 30.4 Å². The summed E-state index contributed by atoms with van der Waals surface area (Å²) in [5.41, 5.74) is 8.00. The highest BCUT2D eigenvalue weighted by molar-refractivity contribution is 5.98. The van der Waals surface area contributed by atoms with Crippen LogP contribution < -0.4 is 5.73 Å². The topological polar surface area (TPSA) is 166 Å².